The smallest absolute Gasteiger partial charge is 0.303 e. The van der Waals surface area contributed by atoms with Crippen LogP contribution in [-0.2, 0) is 19.1 Å². The Bertz CT molecular complexity index is 663. The van der Waals surface area contributed by atoms with E-state index in [4.69, 9.17) is 4.74 Å². The lowest BCUT2D eigenvalue weighted by Gasteiger charge is -2.55. The maximum Gasteiger partial charge on any atom is 0.303 e. The minimum atomic E-state index is -0.372. The van der Waals surface area contributed by atoms with Crippen LogP contribution in [0.3, 0.4) is 0 Å². The van der Waals surface area contributed by atoms with Gasteiger partial charge in [0.2, 0.25) is 0 Å². The first kappa shape index (κ1) is 17.9. The summed E-state index contributed by atoms with van der Waals surface area (Å²) in [6.45, 7) is 3.70. The van der Waals surface area contributed by atoms with Crippen molar-refractivity contribution in [2.75, 3.05) is 6.61 Å². The Morgan fingerprint density at radius 1 is 1.08 bits per heavy atom. The summed E-state index contributed by atoms with van der Waals surface area (Å²) in [5, 5.41) is 0. The van der Waals surface area contributed by atoms with E-state index in [1.807, 2.05) is 6.08 Å². The van der Waals surface area contributed by atoms with Crippen LogP contribution in [0.1, 0.15) is 65.2 Å². The summed E-state index contributed by atoms with van der Waals surface area (Å²) >= 11 is 0. The molecule has 0 aromatic carbocycles. The third kappa shape index (κ3) is 2.86. The normalized spacial score (nSPS) is 41.5. The maximum atomic E-state index is 12.6. The van der Waals surface area contributed by atoms with Crippen LogP contribution in [0.15, 0.2) is 11.6 Å². The molecule has 6 atom stereocenters. The average Bonchev–Trinajstić information content (AvgIpc) is 3.04. The van der Waals surface area contributed by atoms with Crippen molar-refractivity contribution < 1.29 is 19.1 Å². The molecule has 0 N–H and O–H groups in total. The van der Waals surface area contributed by atoms with Crippen LogP contribution >= 0.6 is 0 Å². The second-order valence-electron chi connectivity index (χ2n) is 9.20. The number of ether oxygens (including phenoxy) is 1. The SMILES string of the molecule is CC(=O)OCC(=O)C1CCC2C1CCC1C2CCC2=CC(=O)CCC21C. The fraction of sp³-hybridized carbons (Fsp3) is 0.773. The molecular weight excluding hydrogens is 328 g/mol. The van der Waals surface area contributed by atoms with Crippen molar-refractivity contribution in [2.24, 2.45) is 35.0 Å². The number of Topliss-reactive ketones (excluding diaryl/α,β-unsaturated/α-hetero) is 1. The molecule has 0 spiro atoms. The molecule has 4 aliphatic rings. The molecule has 3 fully saturated rings. The quantitative estimate of drug-likeness (QED) is 0.719. The molecule has 0 amide bonds. The first-order chi connectivity index (χ1) is 12.4. The van der Waals surface area contributed by atoms with Gasteiger partial charge >= 0.3 is 5.97 Å². The number of ketones is 2. The molecule has 0 heterocycles. The van der Waals surface area contributed by atoms with Crippen LogP contribution in [-0.4, -0.2) is 24.1 Å². The summed E-state index contributed by atoms with van der Waals surface area (Å²) in [7, 11) is 0. The third-order valence-corrected chi connectivity index (χ3v) is 8.11. The van der Waals surface area contributed by atoms with Gasteiger partial charge in [-0.15, -0.1) is 0 Å². The number of carbonyl (C=O) groups is 3. The second-order valence-corrected chi connectivity index (χ2v) is 9.20. The molecule has 3 saturated carbocycles. The predicted octanol–water partition coefficient (Wildman–Crippen LogP) is 3.88. The molecule has 142 valence electrons. The molecule has 0 bridgehead atoms. The zero-order chi connectivity index (χ0) is 18.5. The van der Waals surface area contributed by atoms with Gasteiger partial charge in [0.1, 0.15) is 6.61 Å². The zero-order valence-electron chi connectivity index (χ0n) is 16.0. The summed E-state index contributed by atoms with van der Waals surface area (Å²) < 4.78 is 4.97. The summed E-state index contributed by atoms with van der Waals surface area (Å²) in [4.78, 5) is 35.5. The molecule has 4 nitrogen and oxygen atoms in total. The van der Waals surface area contributed by atoms with Gasteiger partial charge in [0.25, 0.3) is 0 Å². The van der Waals surface area contributed by atoms with Gasteiger partial charge in [0.15, 0.2) is 11.6 Å². The lowest BCUT2D eigenvalue weighted by Crippen LogP contribution is -2.47. The van der Waals surface area contributed by atoms with Gasteiger partial charge < -0.3 is 4.74 Å². The van der Waals surface area contributed by atoms with Crippen molar-refractivity contribution in [3.05, 3.63) is 11.6 Å². The molecule has 0 aliphatic heterocycles. The third-order valence-electron chi connectivity index (χ3n) is 8.11. The van der Waals surface area contributed by atoms with E-state index in [9.17, 15) is 14.4 Å². The van der Waals surface area contributed by atoms with Gasteiger partial charge in [0.05, 0.1) is 0 Å². The zero-order valence-corrected chi connectivity index (χ0v) is 16.0. The van der Waals surface area contributed by atoms with Crippen molar-refractivity contribution in [1.29, 1.82) is 0 Å². The van der Waals surface area contributed by atoms with Crippen molar-refractivity contribution in [2.45, 2.75) is 65.2 Å². The molecule has 0 aromatic rings. The Hall–Kier alpha value is -1.45. The molecule has 4 aliphatic carbocycles. The number of hydrogen-bond acceptors (Lipinski definition) is 4. The van der Waals surface area contributed by atoms with E-state index in [-0.39, 0.29) is 29.7 Å². The topological polar surface area (TPSA) is 60.4 Å². The average molecular weight is 358 g/mol. The molecule has 0 radical (unpaired) electrons. The van der Waals surface area contributed by atoms with Crippen molar-refractivity contribution >= 4 is 17.5 Å². The molecular formula is C22H30O4. The second kappa shape index (κ2) is 6.61. The fourth-order valence-corrected chi connectivity index (χ4v) is 6.89. The van der Waals surface area contributed by atoms with Crippen LogP contribution < -0.4 is 0 Å². The summed E-state index contributed by atoms with van der Waals surface area (Å²) in [6, 6.07) is 0. The van der Waals surface area contributed by atoms with E-state index in [0.717, 1.165) is 32.1 Å². The van der Waals surface area contributed by atoms with E-state index in [1.54, 1.807) is 0 Å². The van der Waals surface area contributed by atoms with E-state index in [2.05, 4.69) is 6.92 Å². The van der Waals surface area contributed by atoms with Crippen molar-refractivity contribution in [3.63, 3.8) is 0 Å². The minimum absolute atomic E-state index is 0.0516. The lowest BCUT2D eigenvalue weighted by molar-refractivity contribution is -0.147. The molecule has 4 rings (SSSR count). The maximum absolute atomic E-state index is 12.6. The standard InChI is InChI=1S/C22H30O4/c1-13(23)26-12-21(25)19-6-5-16-17(19)7-8-20-18(16)4-3-14-11-15(24)9-10-22(14,20)2/h11,16-20H,3-10,12H2,1-2H3. The van der Waals surface area contributed by atoms with E-state index in [1.165, 1.54) is 25.3 Å². The Kier molecular flexibility index (Phi) is 4.56. The Morgan fingerprint density at radius 2 is 1.85 bits per heavy atom. The van der Waals surface area contributed by atoms with Crippen LogP contribution in [0.4, 0.5) is 0 Å². The predicted molar refractivity (Wildman–Crippen MR) is 97.2 cm³/mol. The van der Waals surface area contributed by atoms with Gasteiger partial charge in [-0.2, -0.15) is 0 Å². The Labute approximate surface area is 155 Å². The monoisotopic (exact) mass is 358 g/mol. The van der Waals surface area contributed by atoms with Crippen LogP contribution in [0.2, 0.25) is 0 Å². The number of rotatable bonds is 3. The fourth-order valence-electron chi connectivity index (χ4n) is 6.89. The largest absolute Gasteiger partial charge is 0.458 e. The number of allylic oxidation sites excluding steroid dienone is 1. The molecule has 0 saturated heterocycles. The van der Waals surface area contributed by atoms with Gasteiger partial charge in [-0.3, -0.25) is 14.4 Å². The highest BCUT2D eigenvalue weighted by Crippen LogP contribution is 2.62. The summed E-state index contributed by atoms with van der Waals surface area (Å²) in [5.41, 5.74) is 1.59. The van der Waals surface area contributed by atoms with Crippen LogP contribution in [0, 0.1) is 35.0 Å². The Balaban J connectivity index is 1.50. The lowest BCUT2D eigenvalue weighted by atomic mass is 9.49. The van der Waals surface area contributed by atoms with E-state index in [0.29, 0.717) is 35.9 Å². The first-order valence-corrected chi connectivity index (χ1v) is 10.3. The summed E-state index contributed by atoms with van der Waals surface area (Å²) in [5.74, 6) is 2.60. The highest BCUT2D eigenvalue weighted by molar-refractivity contribution is 5.91. The summed E-state index contributed by atoms with van der Waals surface area (Å²) in [6.07, 6.45) is 10.2. The van der Waals surface area contributed by atoms with Gasteiger partial charge in [-0.25, -0.2) is 0 Å². The number of fused-ring (bicyclic) bond motifs is 5. The van der Waals surface area contributed by atoms with E-state index < -0.39 is 0 Å². The molecule has 4 heteroatoms. The number of carbonyl (C=O) groups excluding carboxylic acids is 3. The minimum Gasteiger partial charge on any atom is -0.458 e. The highest BCUT2D eigenvalue weighted by Gasteiger charge is 2.55. The molecule has 0 aromatic heterocycles. The highest BCUT2D eigenvalue weighted by atomic mass is 16.5. The number of esters is 1. The molecule has 6 unspecified atom stereocenters. The van der Waals surface area contributed by atoms with Crippen molar-refractivity contribution in [3.8, 4) is 0 Å². The van der Waals surface area contributed by atoms with Gasteiger partial charge in [-0.05, 0) is 80.1 Å². The van der Waals surface area contributed by atoms with Crippen molar-refractivity contribution in [1.82, 2.24) is 0 Å². The number of hydrogen-bond donors (Lipinski definition) is 0. The molecule has 26 heavy (non-hydrogen) atoms. The first-order valence-electron chi connectivity index (χ1n) is 10.3. The Morgan fingerprint density at radius 3 is 2.62 bits per heavy atom. The van der Waals surface area contributed by atoms with Gasteiger partial charge in [-0.1, -0.05) is 12.5 Å². The van der Waals surface area contributed by atoms with Gasteiger partial charge in [0, 0.05) is 19.3 Å². The van der Waals surface area contributed by atoms with Crippen LogP contribution in [0.25, 0.3) is 0 Å². The van der Waals surface area contributed by atoms with Crippen LogP contribution in [0.5, 0.6) is 0 Å². The van der Waals surface area contributed by atoms with E-state index >= 15 is 0 Å².